The summed E-state index contributed by atoms with van der Waals surface area (Å²) in [6, 6.07) is 1.27. The van der Waals surface area contributed by atoms with E-state index in [-0.39, 0.29) is 16.0 Å². The van der Waals surface area contributed by atoms with Crippen molar-refractivity contribution in [2.45, 2.75) is 24.8 Å². The van der Waals surface area contributed by atoms with Crippen LogP contribution in [0.5, 0.6) is 0 Å². The highest BCUT2D eigenvalue weighted by Crippen LogP contribution is 2.18. The van der Waals surface area contributed by atoms with Crippen LogP contribution in [0.2, 0.25) is 5.02 Å². The van der Waals surface area contributed by atoms with Crippen molar-refractivity contribution in [3.63, 3.8) is 0 Å². The molecule has 0 bridgehead atoms. The average molecular weight is 235 g/mol. The van der Waals surface area contributed by atoms with Gasteiger partial charge in [-0.15, -0.1) is 0 Å². The highest BCUT2D eigenvalue weighted by Gasteiger charge is 2.18. The van der Waals surface area contributed by atoms with E-state index in [4.69, 9.17) is 11.6 Å². The molecule has 14 heavy (non-hydrogen) atoms. The summed E-state index contributed by atoms with van der Waals surface area (Å²) < 4.78 is 25.7. The van der Waals surface area contributed by atoms with Crippen LogP contribution in [0.15, 0.2) is 23.4 Å². The summed E-state index contributed by atoms with van der Waals surface area (Å²) in [6.45, 7) is 3.48. The normalized spacial score (nSPS) is 12.0. The van der Waals surface area contributed by atoms with Crippen molar-refractivity contribution in [3.8, 4) is 0 Å². The minimum absolute atomic E-state index is 0.00960. The fraction of sp³-hybridized carbons (Fsp3) is 0.375. The van der Waals surface area contributed by atoms with Crippen LogP contribution in [0.25, 0.3) is 0 Å². The molecule has 0 aromatic carbocycles. The van der Waals surface area contributed by atoms with Crippen LogP contribution in [0.3, 0.4) is 0 Å². The molecular formula is C8H11ClN2O2S. The first-order chi connectivity index (χ1) is 6.43. The molecule has 0 saturated carbocycles. The predicted molar refractivity (Wildman–Crippen MR) is 54.7 cm³/mol. The summed E-state index contributed by atoms with van der Waals surface area (Å²) in [4.78, 5) is 3.73. The third-order valence-electron chi connectivity index (χ3n) is 1.41. The lowest BCUT2D eigenvalue weighted by atomic mass is 10.4. The van der Waals surface area contributed by atoms with Crippen LogP contribution in [0, 0.1) is 0 Å². The lowest BCUT2D eigenvalue weighted by Gasteiger charge is -2.09. The van der Waals surface area contributed by atoms with Crippen LogP contribution >= 0.6 is 11.6 Å². The molecule has 1 N–H and O–H groups in total. The maximum Gasteiger partial charge on any atom is 0.243 e. The fourth-order valence-electron chi connectivity index (χ4n) is 0.935. The van der Waals surface area contributed by atoms with E-state index >= 15 is 0 Å². The van der Waals surface area contributed by atoms with Gasteiger partial charge in [-0.2, -0.15) is 0 Å². The molecular weight excluding hydrogens is 224 g/mol. The first kappa shape index (κ1) is 11.4. The average Bonchev–Trinajstić information content (AvgIpc) is 2.02. The predicted octanol–water partition coefficient (Wildman–Crippen LogP) is 1.42. The molecule has 1 aromatic rings. The quantitative estimate of drug-likeness (QED) is 0.861. The first-order valence-electron chi connectivity index (χ1n) is 4.05. The molecule has 0 unspecified atom stereocenters. The van der Waals surface area contributed by atoms with Crippen molar-refractivity contribution in [1.82, 2.24) is 9.71 Å². The van der Waals surface area contributed by atoms with Crippen molar-refractivity contribution >= 4 is 21.6 Å². The van der Waals surface area contributed by atoms with Crippen LogP contribution in [-0.2, 0) is 10.0 Å². The smallest absolute Gasteiger partial charge is 0.243 e. The second-order valence-electron chi connectivity index (χ2n) is 3.08. The molecule has 0 aliphatic rings. The van der Waals surface area contributed by atoms with Gasteiger partial charge in [-0.25, -0.2) is 13.1 Å². The Kier molecular flexibility index (Phi) is 3.47. The summed E-state index contributed by atoms with van der Waals surface area (Å²) in [7, 11) is -3.53. The van der Waals surface area contributed by atoms with Gasteiger partial charge in [0.15, 0.2) is 0 Å². The lowest BCUT2D eigenvalue weighted by molar-refractivity contribution is 0.569. The highest BCUT2D eigenvalue weighted by molar-refractivity contribution is 7.89. The van der Waals surface area contributed by atoms with Gasteiger partial charge >= 0.3 is 0 Å². The van der Waals surface area contributed by atoms with Crippen LogP contribution in [-0.4, -0.2) is 19.4 Å². The van der Waals surface area contributed by atoms with Gasteiger partial charge in [0, 0.05) is 18.4 Å². The molecule has 0 amide bonds. The maximum absolute atomic E-state index is 11.6. The zero-order valence-electron chi connectivity index (χ0n) is 7.86. The van der Waals surface area contributed by atoms with E-state index in [9.17, 15) is 8.42 Å². The summed E-state index contributed by atoms with van der Waals surface area (Å²) in [5.41, 5.74) is 0. The van der Waals surface area contributed by atoms with E-state index in [2.05, 4.69) is 9.71 Å². The van der Waals surface area contributed by atoms with Gasteiger partial charge in [0.1, 0.15) is 4.90 Å². The van der Waals surface area contributed by atoms with Crippen molar-refractivity contribution < 1.29 is 8.42 Å². The minimum Gasteiger partial charge on any atom is -0.263 e. The van der Waals surface area contributed by atoms with E-state index < -0.39 is 10.0 Å². The standard InChI is InChI=1S/C8H11ClN2O2S/c1-6(2)11-14(12,13)8-5-10-4-3-7(8)9/h3-6,11H,1-2H3. The van der Waals surface area contributed by atoms with E-state index in [1.165, 1.54) is 18.5 Å². The van der Waals surface area contributed by atoms with Crippen LogP contribution in [0.4, 0.5) is 0 Å². The van der Waals surface area contributed by atoms with Gasteiger partial charge < -0.3 is 0 Å². The largest absolute Gasteiger partial charge is 0.263 e. The summed E-state index contributed by atoms with van der Waals surface area (Å²) >= 11 is 5.73. The molecule has 1 aromatic heterocycles. The third-order valence-corrected chi connectivity index (χ3v) is 3.54. The van der Waals surface area contributed by atoms with Crippen molar-refractivity contribution in [3.05, 3.63) is 23.5 Å². The van der Waals surface area contributed by atoms with Gasteiger partial charge in [-0.3, -0.25) is 4.98 Å². The summed E-state index contributed by atoms with van der Waals surface area (Å²) in [6.07, 6.45) is 2.67. The molecule has 0 radical (unpaired) electrons. The van der Waals surface area contributed by atoms with Crippen LogP contribution in [0.1, 0.15) is 13.8 Å². The molecule has 0 aliphatic heterocycles. The van der Waals surface area contributed by atoms with Crippen molar-refractivity contribution in [2.24, 2.45) is 0 Å². The monoisotopic (exact) mass is 234 g/mol. The van der Waals surface area contributed by atoms with Gasteiger partial charge in [0.25, 0.3) is 0 Å². The molecule has 0 spiro atoms. The number of nitrogens with one attached hydrogen (secondary N) is 1. The van der Waals surface area contributed by atoms with Gasteiger partial charge in [0.2, 0.25) is 10.0 Å². The first-order valence-corrected chi connectivity index (χ1v) is 5.91. The number of rotatable bonds is 3. The van der Waals surface area contributed by atoms with E-state index in [0.717, 1.165) is 0 Å². The van der Waals surface area contributed by atoms with Gasteiger partial charge in [-0.05, 0) is 19.9 Å². The Morgan fingerprint density at radius 3 is 2.64 bits per heavy atom. The molecule has 6 heteroatoms. The Labute approximate surface area is 88.4 Å². The lowest BCUT2D eigenvalue weighted by Crippen LogP contribution is -2.30. The van der Waals surface area contributed by atoms with E-state index in [0.29, 0.717) is 0 Å². The van der Waals surface area contributed by atoms with Crippen molar-refractivity contribution in [1.29, 1.82) is 0 Å². The number of sulfonamides is 1. The Hall–Kier alpha value is -0.650. The molecule has 0 atom stereocenters. The number of halogens is 1. The van der Waals surface area contributed by atoms with Crippen LogP contribution < -0.4 is 4.72 Å². The number of pyridine rings is 1. The zero-order chi connectivity index (χ0) is 10.8. The minimum atomic E-state index is -3.53. The van der Waals surface area contributed by atoms with Gasteiger partial charge in [0.05, 0.1) is 5.02 Å². The topological polar surface area (TPSA) is 59.1 Å². The molecule has 4 nitrogen and oxygen atoms in total. The summed E-state index contributed by atoms with van der Waals surface area (Å²) in [5, 5.41) is 0.174. The van der Waals surface area contributed by atoms with E-state index in [1.807, 2.05) is 0 Å². The Balaban J connectivity index is 3.11. The number of nitrogens with zero attached hydrogens (tertiary/aromatic N) is 1. The fourth-order valence-corrected chi connectivity index (χ4v) is 2.62. The number of aromatic nitrogens is 1. The molecule has 0 saturated heterocycles. The zero-order valence-corrected chi connectivity index (χ0v) is 9.43. The second-order valence-corrected chi connectivity index (χ2v) is 5.17. The van der Waals surface area contributed by atoms with Gasteiger partial charge in [-0.1, -0.05) is 11.6 Å². The highest BCUT2D eigenvalue weighted by atomic mass is 35.5. The second kappa shape index (κ2) is 4.25. The SMILES string of the molecule is CC(C)NS(=O)(=O)c1cnccc1Cl. The molecule has 0 fully saturated rings. The third kappa shape index (κ3) is 2.67. The summed E-state index contributed by atoms with van der Waals surface area (Å²) in [5.74, 6) is 0. The van der Waals surface area contributed by atoms with Crippen molar-refractivity contribution in [2.75, 3.05) is 0 Å². The Bertz CT molecular complexity index is 417. The number of hydrogen-bond acceptors (Lipinski definition) is 3. The molecule has 78 valence electrons. The Morgan fingerprint density at radius 2 is 2.14 bits per heavy atom. The molecule has 0 aliphatic carbocycles. The maximum atomic E-state index is 11.6. The Morgan fingerprint density at radius 1 is 1.50 bits per heavy atom. The molecule has 1 heterocycles. The number of hydrogen-bond donors (Lipinski definition) is 1. The molecule has 1 rings (SSSR count). The van der Waals surface area contributed by atoms with E-state index in [1.54, 1.807) is 13.8 Å².